The number of ether oxygens (including phenoxy) is 2. The van der Waals surface area contributed by atoms with Gasteiger partial charge in [-0.15, -0.1) is 0 Å². The lowest BCUT2D eigenvalue weighted by Crippen LogP contribution is -2.55. The molecule has 1 heterocycles. The van der Waals surface area contributed by atoms with E-state index in [0.29, 0.717) is 5.69 Å². The predicted octanol–water partition coefficient (Wildman–Crippen LogP) is 3.10. The number of hydrogen-bond acceptors (Lipinski definition) is 6. The Bertz CT molecular complexity index is 1450. The van der Waals surface area contributed by atoms with Crippen molar-refractivity contribution in [1.82, 2.24) is 13.7 Å². The summed E-state index contributed by atoms with van der Waals surface area (Å²) in [6.07, 6.45) is 0.770. The lowest BCUT2D eigenvalue weighted by Gasteiger charge is -2.17. The number of aryl methyl sites for hydroxylation is 2. The average molecular weight is 509 g/mol. The number of hydrogen-bond donors (Lipinski definition) is 0. The molecular weight excluding hydrogens is 472 g/mol. The van der Waals surface area contributed by atoms with Gasteiger partial charge in [0.1, 0.15) is 5.75 Å². The van der Waals surface area contributed by atoms with Crippen LogP contribution < -0.4 is 21.7 Å². The lowest BCUT2D eigenvalue weighted by molar-refractivity contribution is -0.145. The smallest absolute Gasteiger partial charge is 0.335 e. The van der Waals surface area contributed by atoms with Crippen LogP contribution in [0.5, 0.6) is 5.75 Å². The summed E-state index contributed by atoms with van der Waals surface area (Å²) in [4.78, 5) is 43.7. The maximum Gasteiger partial charge on any atom is 0.335 e. The van der Waals surface area contributed by atoms with E-state index in [2.05, 4.69) is 0 Å². The number of aromatic nitrogens is 3. The first kappa shape index (κ1) is 27.7. The molecule has 0 saturated carbocycles. The van der Waals surface area contributed by atoms with Gasteiger partial charge in [0.15, 0.2) is 0 Å². The summed E-state index contributed by atoms with van der Waals surface area (Å²) in [5.74, 6) is -0.389. The largest absolute Gasteiger partial charge is 0.491 e. The molecule has 37 heavy (non-hydrogen) atoms. The number of rotatable bonds is 9. The number of carbonyl (C=O) groups is 1. The second kappa shape index (κ2) is 11.9. The van der Waals surface area contributed by atoms with Gasteiger partial charge in [0, 0.05) is 13.6 Å². The van der Waals surface area contributed by atoms with E-state index < -0.39 is 23.3 Å². The summed E-state index contributed by atoms with van der Waals surface area (Å²) in [5.41, 5.74) is 2.65. The molecule has 0 fully saturated rings. The third-order valence-electron chi connectivity index (χ3n) is 6.06. The SMILES string of the molecule is CCc1cc(N=c2n(C)c(=O)n(C[C@H](C)C(=O)OC)c(=O)n2Cc2ccc(C)cc2)ccc1OC(C)C. The van der Waals surface area contributed by atoms with E-state index >= 15 is 0 Å². The fourth-order valence-electron chi connectivity index (χ4n) is 4.01. The quantitative estimate of drug-likeness (QED) is 0.414. The van der Waals surface area contributed by atoms with E-state index in [1.807, 2.05) is 70.2 Å². The van der Waals surface area contributed by atoms with Gasteiger partial charge in [-0.3, -0.25) is 13.9 Å². The molecule has 1 aromatic heterocycles. The summed E-state index contributed by atoms with van der Waals surface area (Å²) in [7, 11) is 2.85. The number of carbonyl (C=O) groups excluding carboxylic acids is 1. The van der Waals surface area contributed by atoms with E-state index in [9.17, 15) is 14.4 Å². The molecule has 0 bridgehead atoms. The molecule has 1 atom stereocenters. The molecule has 0 amide bonds. The highest BCUT2D eigenvalue weighted by atomic mass is 16.5. The topological polar surface area (TPSA) is 96.8 Å². The van der Waals surface area contributed by atoms with Crippen molar-refractivity contribution in [3.63, 3.8) is 0 Å². The molecule has 198 valence electrons. The van der Waals surface area contributed by atoms with Gasteiger partial charge >= 0.3 is 17.3 Å². The molecule has 0 unspecified atom stereocenters. The van der Waals surface area contributed by atoms with E-state index in [1.165, 1.54) is 16.2 Å². The van der Waals surface area contributed by atoms with Crippen LogP contribution in [0.1, 0.15) is 44.4 Å². The number of esters is 1. The molecule has 0 saturated heterocycles. The van der Waals surface area contributed by atoms with Gasteiger partial charge in [0.2, 0.25) is 5.62 Å². The fraction of sp³-hybridized carbons (Fsp3) is 0.429. The van der Waals surface area contributed by atoms with Crippen molar-refractivity contribution in [2.75, 3.05) is 7.11 Å². The minimum atomic E-state index is -0.674. The van der Waals surface area contributed by atoms with Crippen molar-refractivity contribution in [1.29, 1.82) is 0 Å². The van der Waals surface area contributed by atoms with Gasteiger partial charge in [-0.05, 0) is 56.5 Å². The molecule has 0 aliphatic carbocycles. The van der Waals surface area contributed by atoms with Crippen LogP contribution in [0.2, 0.25) is 0 Å². The van der Waals surface area contributed by atoms with Crippen LogP contribution in [0.25, 0.3) is 0 Å². The Morgan fingerprint density at radius 2 is 1.68 bits per heavy atom. The highest BCUT2D eigenvalue weighted by Gasteiger charge is 2.20. The first-order chi connectivity index (χ1) is 17.5. The van der Waals surface area contributed by atoms with Crippen molar-refractivity contribution in [2.45, 2.75) is 60.2 Å². The third-order valence-corrected chi connectivity index (χ3v) is 6.06. The number of methoxy groups -OCH3 is 1. The molecule has 0 radical (unpaired) electrons. The van der Waals surface area contributed by atoms with Crippen LogP contribution in [0.15, 0.2) is 57.0 Å². The molecule has 0 aliphatic rings. The van der Waals surface area contributed by atoms with Crippen molar-refractivity contribution in [3.8, 4) is 5.75 Å². The zero-order chi connectivity index (χ0) is 27.3. The molecule has 3 aromatic rings. The van der Waals surface area contributed by atoms with Crippen molar-refractivity contribution >= 4 is 11.7 Å². The summed E-state index contributed by atoms with van der Waals surface area (Å²) in [5, 5.41) is 0. The normalized spacial score (nSPS) is 12.6. The highest BCUT2D eigenvalue weighted by Crippen LogP contribution is 2.25. The third kappa shape index (κ3) is 6.47. The highest BCUT2D eigenvalue weighted by molar-refractivity contribution is 5.71. The van der Waals surface area contributed by atoms with Gasteiger partial charge in [-0.1, -0.05) is 43.7 Å². The monoisotopic (exact) mass is 508 g/mol. The van der Waals surface area contributed by atoms with Crippen LogP contribution in [-0.4, -0.2) is 32.9 Å². The van der Waals surface area contributed by atoms with Crippen molar-refractivity contribution < 1.29 is 14.3 Å². The summed E-state index contributed by atoms with van der Waals surface area (Å²) < 4.78 is 14.6. The first-order valence-electron chi connectivity index (χ1n) is 12.4. The average Bonchev–Trinajstić information content (AvgIpc) is 2.88. The molecule has 9 nitrogen and oxygen atoms in total. The molecule has 0 spiro atoms. The van der Waals surface area contributed by atoms with Gasteiger partial charge in [-0.25, -0.2) is 19.1 Å². The van der Waals surface area contributed by atoms with Crippen molar-refractivity contribution in [2.24, 2.45) is 18.0 Å². The summed E-state index contributed by atoms with van der Waals surface area (Å²) >= 11 is 0. The Morgan fingerprint density at radius 3 is 2.27 bits per heavy atom. The van der Waals surface area contributed by atoms with E-state index in [0.717, 1.165) is 33.4 Å². The van der Waals surface area contributed by atoms with Gasteiger partial charge < -0.3 is 9.47 Å². The predicted molar refractivity (Wildman–Crippen MR) is 142 cm³/mol. The Kier molecular flexibility index (Phi) is 8.91. The second-order valence-electron chi connectivity index (χ2n) is 9.45. The maximum absolute atomic E-state index is 13.6. The Morgan fingerprint density at radius 1 is 1.00 bits per heavy atom. The minimum absolute atomic E-state index is 0.0329. The summed E-state index contributed by atoms with van der Waals surface area (Å²) in [6, 6.07) is 13.4. The van der Waals surface area contributed by atoms with Gasteiger partial charge in [0.25, 0.3) is 0 Å². The van der Waals surface area contributed by atoms with Crippen molar-refractivity contribution in [3.05, 3.63) is 85.7 Å². The second-order valence-corrected chi connectivity index (χ2v) is 9.45. The van der Waals surface area contributed by atoms with E-state index in [1.54, 1.807) is 14.0 Å². The number of nitrogens with zero attached hydrogens (tertiary/aromatic N) is 4. The Labute approximate surface area is 216 Å². The zero-order valence-corrected chi connectivity index (χ0v) is 22.6. The van der Waals surface area contributed by atoms with Crippen LogP contribution in [0, 0.1) is 12.8 Å². The van der Waals surface area contributed by atoms with Crippen LogP contribution in [0.3, 0.4) is 0 Å². The van der Waals surface area contributed by atoms with E-state index in [-0.39, 0.29) is 24.8 Å². The molecule has 2 aromatic carbocycles. The van der Waals surface area contributed by atoms with Crippen LogP contribution in [-0.2, 0) is 36.1 Å². The Balaban J connectivity index is 2.24. The first-order valence-corrected chi connectivity index (χ1v) is 12.4. The van der Waals surface area contributed by atoms with Gasteiger partial charge in [0.05, 0.1) is 31.4 Å². The lowest BCUT2D eigenvalue weighted by atomic mass is 10.1. The zero-order valence-electron chi connectivity index (χ0n) is 22.6. The summed E-state index contributed by atoms with van der Waals surface area (Å²) in [6.45, 7) is 9.68. The molecule has 0 aliphatic heterocycles. The maximum atomic E-state index is 13.6. The van der Waals surface area contributed by atoms with Gasteiger partial charge in [-0.2, -0.15) is 0 Å². The molecule has 9 heteroatoms. The molecular formula is C28H36N4O5. The Hall–Kier alpha value is -3.88. The number of benzene rings is 2. The molecule has 0 N–H and O–H groups in total. The fourth-order valence-corrected chi connectivity index (χ4v) is 4.01. The minimum Gasteiger partial charge on any atom is -0.491 e. The molecule has 3 rings (SSSR count). The van der Waals surface area contributed by atoms with Crippen LogP contribution >= 0.6 is 0 Å². The van der Waals surface area contributed by atoms with E-state index in [4.69, 9.17) is 14.5 Å². The van der Waals surface area contributed by atoms with Crippen LogP contribution in [0.4, 0.5) is 5.69 Å². The standard InChI is InChI=1S/C28H36N4O5/c1-8-22-15-23(13-14-24(22)37-18(2)3)29-26-30(6)27(34)32(16-20(5)25(33)36-7)28(35)31(26)17-21-11-9-19(4)10-12-21/h9-15,18,20H,8,16-17H2,1-7H3/t20-/m0/s1.